The number of ether oxygens (including phenoxy) is 1. The van der Waals surface area contributed by atoms with Gasteiger partial charge in [-0.05, 0) is 48.6 Å². The van der Waals surface area contributed by atoms with Crippen LogP contribution < -0.4 is 5.32 Å². The lowest BCUT2D eigenvalue weighted by molar-refractivity contribution is -0.135. The summed E-state index contributed by atoms with van der Waals surface area (Å²) < 4.78 is 19.2. The number of halogens is 1. The topological polar surface area (TPSA) is 58.6 Å². The average molecular weight is 489 g/mol. The molecule has 0 aromatic heterocycles. The summed E-state index contributed by atoms with van der Waals surface area (Å²) in [5, 5.41) is 2.90. The van der Waals surface area contributed by atoms with Crippen molar-refractivity contribution in [1.82, 2.24) is 10.2 Å². The number of hydrogen-bond acceptors (Lipinski definition) is 3. The minimum absolute atomic E-state index is 0.0588. The number of nitrogens with one attached hydrogen (secondary N) is 1. The fourth-order valence-corrected chi connectivity index (χ4v) is 4.65. The molecule has 188 valence electrons. The molecule has 0 bridgehead atoms. The fraction of sp³-hybridized carbons (Fsp3) is 0.333. The third-order valence-electron chi connectivity index (χ3n) is 6.86. The van der Waals surface area contributed by atoms with Gasteiger partial charge in [0, 0.05) is 38.9 Å². The number of rotatable bonds is 8. The molecule has 0 unspecified atom stereocenters. The summed E-state index contributed by atoms with van der Waals surface area (Å²) in [6, 6.07) is 24.3. The zero-order chi connectivity index (χ0) is 25.4. The number of likely N-dealkylation sites (tertiary alicyclic amines) is 1. The van der Waals surface area contributed by atoms with Crippen molar-refractivity contribution >= 4 is 12.0 Å². The Hall–Kier alpha value is -3.67. The molecule has 3 aromatic rings. The Kier molecular flexibility index (Phi) is 8.36. The van der Waals surface area contributed by atoms with Crippen LogP contribution in [0.1, 0.15) is 41.5 Å². The van der Waals surface area contributed by atoms with E-state index in [4.69, 9.17) is 4.74 Å². The minimum Gasteiger partial charge on any atom is -0.438 e. The summed E-state index contributed by atoms with van der Waals surface area (Å²) >= 11 is 0. The van der Waals surface area contributed by atoms with Crippen molar-refractivity contribution in [3.05, 3.63) is 107 Å². The number of carbonyl (C=O) groups is 2. The van der Waals surface area contributed by atoms with E-state index < -0.39 is 11.7 Å². The molecule has 5 nitrogen and oxygen atoms in total. The maximum atomic E-state index is 13.1. The molecule has 36 heavy (non-hydrogen) atoms. The van der Waals surface area contributed by atoms with Gasteiger partial charge >= 0.3 is 6.09 Å². The maximum absolute atomic E-state index is 13.1. The normalized spacial score (nSPS) is 14.8. The minimum atomic E-state index is -0.775. The van der Waals surface area contributed by atoms with E-state index in [1.807, 2.05) is 42.2 Å². The highest BCUT2D eigenvalue weighted by Crippen LogP contribution is 2.37. The summed E-state index contributed by atoms with van der Waals surface area (Å²) in [7, 11) is 0. The molecule has 0 spiro atoms. The molecular formula is C30H33FN2O3. The second-order valence-electron chi connectivity index (χ2n) is 9.42. The number of nitrogens with zero attached hydrogens (tertiary/aromatic N) is 1. The van der Waals surface area contributed by atoms with Crippen LogP contribution in [0, 0.1) is 12.7 Å². The molecule has 2 amide bonds. The van der Waals surface area contributed by atoms with Crippen LogP contribution in [0.25, 0.3) is 0 Å². The van der Waals surface area contributed by atoms with Crippen LogP contribution in [0.15, 0.2) is 78.9 Å². The van der Waals surface area contributed by atoms with Gasteiger partial charge in [0.25, 0.3) is 0 Å². The Labute approximate surface area is 212 Å². The Morgan fingerprint density at radius 3 is 2.17 bits per heavy atom. The molecule has 4 rings (SSSR count). The highest BCUT2D eigenvalue weighted by atomic mass is 19.1. The van der Waals surface area contributed by atoms with Crippen molar-refractivity contribution in [1.29, 1.82) is 0 Å². The SMILES string of the molecule is Cc1ccc(CCNC(=O)OC2(c3ccccc3)CCN(C(=O)CCc3ccc(F)cc3)CC2)cc1. The summed E-state index contributed by atoms with van der Waals surface area (Å²) in [4.78, 5) is 27.5. The maximum Gasteiger partial charge on any atom is 0.408 e. The molecule has 0 saturated carbocycles. The quantitative estimate of drug-likeness (QED) is 0.452. The van der Waals surface area contributed by atoms with Gasteiger partial charge in [0.2, 0.25) is 5.91 Å². The summed E-state index contributed by atoms with van der Waals surface area (Å²) in [6.07, 6.45) is 2.28. The Balaban J connectivity index is 1.33. The van der Waals surface area contributed by atoms with Gasteiger partial charge in [0.05, 0.1) is 0 Å². The molecule has 1 saturated heterocycles. The van der Waals surface area contributed by atoms with Gasteiger partial charge in [-0.1, -0.05) is 72.3 Å². The van der Waals surface area contributed by atoms with E-state index in [1.165, 1.54) is 17.7 Å². The number of hydrogen-bond donors (Lipinski definition) is 1. The van der Waals surface area contributed by atoms with Crippen LogP contribution in [0.4, 0.5) is 9.18 Å². The van der Waals surface area contributed by atoms with Crippen LogP contribution in [0.2, 0.25) is 0 Å². The molecule has 6 heteroatoms. The number of benzene rings is 3. The first kappa shape index (κ1) is 25.4. The van der Waals surface area contributed by atoms with E-state index in [2.05, 4.69) is 29.6 Å². The molecule has 0 atom stereocenters. The summed E-state index contributed by atoms with van der Waals surface area (Å²) in [5.74, 6) is -0.221. The van der Waals surface area contributed by atoms with Crippen LogP contribution in [-0.2, 0) is 28.0 Å². The van der Waals surface area contributed by atoms with Gasteiger partial charge in [-0.2, -0.15) is 0 Å². The molecule has 0 radical (unpaired) electrons. The highest BCUT2D eigenvalue weighted by Gasteiger charge is 2.40. The van der Waals surface area contributed by atoms with Gasteiger partial charge in [-0.3, -0.25) is 4.79 Å². The van der Waals surface area contributed by atoms with Gasteiger partial charge in [0.15, 0.2) is 0 Å². The zero-order valence-corrected chi connectivity index (χ0v) is 20.7. The van der Waals surface area contributed by atoms with E-state index in [1.54, 1.807) is 12.1 Å². The molecule has 1 fully saturated rings. The first-order valence-electron chi connectivity index (χ1n) is 12.5. The van der Waals surface area contributed by atoms with Crippen LogP contribution in [0.5, 0.6) is 0 Å². The van der Waals surface area contributed by atoms with Gasteiger partial charge < -0.3 is 15.0 Å². The predicted octanol–water partition coefficient (Wildman–Crippen LogP) is 5.55. The van der Waals surface area contributed by atoms with Crippen molar-refractivity contribution in [2.24, 2.45) is 0 Å². The van der Waals surface area contributed by atoms with Crippen molar-refractivity contribution in [2.45, 2.75) is 44.6 Å². The van der Waals surface area contributed by atoms with Crippen LogP contribution in [0.3, 0.4) is 0 Å². The van der Waals surface area contributed by atoms with Crippen molar-refractivity contribution < 1.29 is 18.7 Å². The van der Waals surface area contributed by atoms with Gasteiger partial charge in [0.1, 0.15) is 11.4 Å². The predicted molar refractivity (Wildman–Crippen MR) is 138 cm³/mol. The molecule has 0 aliphatic carbocycles. The van der Waals surface area contributed by atoms with E-state index in [9.17, 15) is 14.0 Å². The zero-order valence-electron chi connectivity index (χ0n) is 20.7. The molecular weight excluding hydrogens is 455 g/mol. The molecule has 3 aromatic carbocycles. The highest BCUT2D eigenvalue weighted by molar-refractivity contribution is 5.76. The lowest BCUT2D eigenvalue weighted by Gasteiger charge is -2.41. The van der Waals surface area contributed by atoms with E-state index >= 15 is 0 Å². The largest absolute Gasteiger partial charge is 0.438 e. The van der Waals surface area contributed by atoms with Crippen molar-refractivity contribution in [3.8, 4) is 0 Å². The first-order chi connectivity index (χ1) is 17.4. The standard InChI is InChI=1S/C30H33FN2O3/c1-23-7-9-25(10-8-23)17-20-32-29(35)36-30(26-5-3-2-4-6-26)18-21-33(22-19-30)28(34)16-13-24-11-14-27(31)15-12-24/h2-12,14-15H,13,16-22H2,1H3,(H,32,35). The third-order valence-corrected chi connectivity index (χ3v) is 6.86. The molecule has 1 N–H and O–H groups in total. The number of alkyl carbamates (subject to hydrolysis) is 1. The van der Waals surface area contributed by atoms with Crippen molar-refractivity contribution in [3.63, 3.8) is 0 Å². The van der Waals surface area contributed by atoms with Gasteiger partial charge in [-0.25, -0.2) is 9.18 Å². The lowest BCUT2D eigenvalue weighted by Crippen LogP contribution is -2.48. The number of aryl methyl sites for hydroxylation is 2. The third kappa shape index (κ3) is 6.72. The Bertz CT molecular complexity index is 1140. The number of piperidine rings is 1. The molecule has 1 aliphatic rings. The molecule has 1 aliphatic heterocycles. The van der Waals surface area contributed by atoms with Gasteiger partial charge in [-0.15, -0.1) is 0 Å². The smallest absolute Gasteiger partial charge is 0.408 e. The Morgan fingerprint density at radius 1 is 0.889 bits per heavy atom. The second kappa shape index (κ2) is 11.8. The van der Waals surface area contributed by atoms with E-state index in [0.29, 0.717) is 45.3 Å². The number of carbonyl (C=O) groups excluding carboxylic acids is 2. The molecule has 1 heterocycles. The summed E-state index contributed by atoms with van der Waals surface area (Å²) in [5.41, 5.74) is 3.47. The fourth-order valence-electron chi connectivity index (χ4n) is 4.65. The second-order valence-corrected chi connectivity index (χ2v) is 9.42. The van der Waals surface area contributed by atoms with E-state index in [0.717, 1.165) is 23.1 Å². The monoisotopic (exact) mass is 488 g/mol. The lowest BCUT2D eigenvalue weighted by atomic mass is 9.84. The van der Waals surface area contributed by atoms with Crippen molar-refractivity contribution in [2.75, 3.05) is 19.6 Å². The van der Waals surface area contributed by atoms with Crippen LogP contribution in [-0.4, -0.2) is 36.5 Å². The summed E-state index contributed by atoms with van der Waals surface area (Å²) in [6.45, 7) is 3.55. The van der Waals surface area contributed by atoms with Crippen LogP contribution >= 0.6 is 0 Å². The first-order valence-corrected chi connectivity index (χ1v) is 12.5. The Morgan fingerprint density at radius 2 is 1.50 bits per heavy atom. The van der Waals surface area contributed by atoms with E-state index in [-0.39, 0.29) is 11.7 Å². The average Bonchev–Trinajstić information content (AvgIpc) is 2.90. The number of amides is 2.